The topological polar surface area (TPSA) is 80.5 Å². The molecule has 1 unspecified atom stereocenters. The third-order valence-electron chi connectivity index (χ3n) is 2.70. The Hall–Kier alpha value is -2.01. The van der Waals surface area contributed by atoms with Crippen LogP contribution in [0.5, 0.6) is 0 Å². The number of hydrogen-bond acceptors (Lipinski definition) is 4. The lowest BCUT2D eigenvalue weighted by Crippen LogP contribution is -2.40. The number of Topliss-reactive ketones (excluding diaryl/α,β-unsaturated/α-hetero) is 1. The van der Waals surface area contributed by atoms with Crippen LogP contribution in [-0.4, -0.2) is 35.1 Å². The summed E-state index contributed by atoms with van der Waals surface area (Å²) in [4.78, 5) is 36.2. The maximum atomic E-state index is 11.9. The van der Waals surface area contributed by atoms with Crippen molar-refractivity contribution in [2.45, 2.75) is 13.0 Å². The Kier molecular flexibility index (Phi) is 2.77. The van der Waals surface area contributed by atoms with Gasteiger partial charge in [-0.05, 0) is 19.1 Å². The van der Waals surface area contributed by atoms with E-state index in [9.17, 15) is 14.4 Å². The molecule has 2 amide bonds. The standard InChI is InChI=1S/C12H12N2O3/c1-7(13)10(15)6-14-11(16)8-4-2-3-5-9(8)12(14)17/h2-5,7H,6,13H2,1H3. The lowest BCUT2D eigenvalue weighted by molar-refractivity contribution is -0.120. The van der Waals surface area contributed by atoms with Gasteiger partial charge in [-0.3, -0.25) is 19.3 Å². The first-order chi connectivity index (χ1) is 8.02. The van der Waals surface area contributed by atoms with Crippen LogP contribution in [0.2, 0.25) is 0 Å². The number of benzene rings is 1. The number of amides is 2. The fourth-order valence-electron chi connectivity index (χ4n) is 1.68. The fraction of sp³-hybridized carbons (Fsp3) is 0.250. The van der Waals surface area contributed by atoms with Crippen LogP contribution in [0.1, 0.15) is 27.6 Å². The summed E-state index contributed by atoms with van der Waals surface area (Å²) in [5, 5.41) is 0. The van der Waals surface area contributed by atoms with E-state index in [0.717, 1.165) is 4.90 Å². The van der Waals surface area contributed by atoms with Crippen LogP contribution < -0.4 is 5.73 Å². The molecule has 0 saturated carbocycles. The maximum Gasteiger partial charge on any atom is 0.261 e. The monoisotopic (exact) mass is 232 g/mol. The minimum absolute atomic E-state index is 0.260. The molecule has 5 nitrogen and oxygen atoms in total. The summed E-state index contributed by atoms with van der Waals surface area (Å²) in [5.41, 5.74) is 6.10. The molecule has 0 bridgehead atoms. The largest absolute Gasteiger partial charge is 0.322 e. The predicted octanol–water partition coefficient (Wildman–Crippen LogP) is 0.199. The number of carbonyl (C=O) groups excluding carboxylic acids is 3. The van der Waals surface area contributed by atoms with Gasteiger partial charge >= 0.3 is 0 Å². The van der Waals surface area contributed by atoms with Crippen LogP contribution in [-0.2, 0) is 4.79 Å². The van der Waals surface area contributed by atoms with Crippen LogP contribution in [0.15, 0.2) is 24.3 Å². The number of hydrogen-bond donors (Lipinski definition) is 1. The Morgan fingerprint density at radius 3 is 2.12 bits per heavy atom. The first kappa shape index (κ1) is 11.5. The van der Waals surface area contributed by atoms with Gasteiger partial charge in [-0.15, -0.1) is 0 Å². The van der Waals surface area contributed by atoms with Gasteiger partial charge in [0.05, 0.1) is 23.7 Å². The Balaban J connectivity index is 2.28. The molecule has 2 rings (SSSR count). The van der Waals surface area contributed by atoms with E-state index in [1.54, 1.807) is 24.3 Å². The van der Waals surface area contributed by atoms with E-state index in [4.69, 9.17) is 5.73 Å². The average Bonchev–Trinajstić information content (AvgIpc) is 2.55. The molecule has 0 spiro atoms. The zero-order chi connectivity index (χ0) is 12.6. The van der Waals surface area contributed by atoms with Crippen molar-refractivity contribution in [2.24, 2.45) is 5.73 Å². The molecule has 1 heterocycles. The highest BCUT2D eigenvalue weighted by molar-refractivity contribution is 6.22. The van der Waals surface area contributed by atoms with Crippen molar-refractivity contribution in [2.75, 3.05) is 6.54 Å². The average molecular weight is 232 g/mol. The second kappa shape index (κ2) is 4.10. The van der Waals surface area contributed by atoms with Gasteiger partial charge in [0.15, 0.2) is 5.78 Å². The van der Waals surface area contributed by atoms with E-state index in [1.807, 2.05) is 0 Å². The molecule has 0 fully saturated rings. The molecular weight excluding hydrogens is 220 g/mol. The molecule has 0 radical (unpaired) electrons. The van der Waals surface area contributed by atoms with Crippen molar-refractivity contribution in [3.8, 4) is 0 Å². The van der Waals surface area contributed by atoms with E-state index in [2.05, 4.69) is 0 Å². The van der Waals surface area contributed by atoms with Crippen molar-refractivity contribution in [1.29, 1.82) is 0 Å². The second-order valence-electron chi connectivity index (χ2n) is 4.00. The summed E-state index contributed by atoms with van der Waals surface area (Å²) >= 11 is 0. The molecule has 17 heavy (non-hydrogen) atoms. The molecular formula is C12H12N2O3. The second-order valence-corrected chi connectivity index (χ2v) is 4.00. The normalized spacial score (nSPS) is 16.0. The minimum Gasteiger partial charge on any atom is -0.322 e. The number of carbonyl (C=O) groups is 3. The van der Waals surface area contributed by atoms with Gasteiger partial charge in [0.2, 0.25) is 0 Å². The van der Waals surface area contributed by atoms with E-state index in [-0.39, 0.29) is 12.3 Å². The third kappa shape index (κ3) is 1.85. The molecule has 88 valence electrons. The van der Waals surface area contributed by atoms with E-state index in [1.165, 1.54) is 6.92 Å². The molecule has 0 saturated heterocycles. The SMILES string of the molecule is CC(N)C(=O)CN1C(=O)c2ccccc2C1=O. The van der Waals surface area contributed by atoms with Gasteiger partial charge in [-0.1, -0.05) is 12.1 Å². The number of imide groups is 1. The van der Waals surface area contributed by atoms with Crippen LogP contribution in [0, 0.1) is 0 Å². The van der Waals surface area contributed by atoms with E-state index >= 15 is 0 Å². The Morgan fingerprint density at radius 1 is 1.24 bits per heavy atom. The zero-order valence-corrected chi connectivity index (χ0v) is 9.34. The molecule has 5 heteroatoms. The summed E-state index contributed by atoms with van der Waals surface area (Å²) in [5.74, 6) is -1.20. The molecule has 0 aliphatic carbocycles. The summed E-state index contributed by atoms with van der Waals surface area (Å²) < 4.78 is 0. The maximum absolute atomic E-state index is 11.9. The van der Waals surface area contributed by atoms with Gasteiger partial charge < -0.3 is 5.73 Å². The highest BCUT2D eigenvalue weighted by Crippen LogP contribution is 2.22. The number of nitrogens with two attached hydrogens (primary N) is 1. The van der Waals surface area contributed by atoms with Gasteiger partial charge in [0.1, 0.15) is 0 Å². The Morgan fingerprint density at radius 2 is 1.71 bits per heavy atom. The number of fused-ring (bicyclic) bond motifs is 1. The molecule has 1 atom stereocenters. The van der Waals surface area contributed by atoms with E-state index < -0.39 is 17.9 Å². The van der Waals surface area contributed by atoms with Crippen molar-refractivity contribution in [3.05, 3.63) is 35.4 Å². The van der Waals surface area contributed by atoms with Crippen molar-refractivity contribution >= 4 is 17.6 Å². The van der Waals surface area contributed by atoms with Crippen LogP contribution in [0.4, 0.5) is 0 Å². The van der Waals surface area contributed by atoms with Crippen molar-refractivity contribution in [3.63, 3.8) is 0 Å². The Bertz CT molecular complexity index is 473. The fourth-order valence-corrected chi connectivity index (χ4v) is 1.68. The molecule has 2 N–H and O–H groups in total. The summed E-state index contributed by atoms with van der Waals surface area (Å²) in [6.45, 7) is 1.27. The third-order valence-corrected chi connectivity index (χ3v) is 2.70. The molecule has 1 aromatic carbocycles. The first-order valence-corrected chi connectivity index (χ1v) is 5.26. The highest BCUT2D eigenvalue weighted by atomic mass is 16.2. The summed E-state index contributed by atoms with van der Waals surface area (Å²) in [6.07, 6.45) is 0. The molecule has 1 aliphatic rings. The lowest BCUT2D eigenvalue weighted by Gasteiger charge is -2.13. The highest BCUT2D eigenvalue weighted by Gasteiger charge is 2.36. The van der Waals surface area contributed by atoms with E-state index in [0.29, 0.717) is 11.1 Å². The predicted molar refractivity (Wildman–Crippen MR) is 60.5 cm³/mol. The first-order valence-electron chi connectivity index (χ1n) is 5.26. The zero-order valence-electron chi connectivity index (χ0n) is 9.34. The van der Waals surface area contributed by atoms with Crippen molar-refractivity contribution < 1.29 is 14.4 Å². The van der Waals surface area contributed by atoms with Gasteiger partial charge in [0.25, 0.3) is 11.8 Å². The van der Waals surface area contributed by atoms with Gasteiger partial charge in [-0.25, -0.2) is 0 Å². The molecule has 1 aromatic rings. The quantitative estimate of drug-likeness (QED) is 0.755. The molecule has 1 aliphatic heterocycles. The number of ketones is 1. The van der Waals surface area contributed by atoms with Gasteiger partial charge in [-0.2, -0.15) is 0 Å². The van der Waals surface area contributed by atoms with Crippen LogP contribution in [0.3, 0.4) is 0 Å². The summed E-state index contributed by atoms with van der Waals surface area (Å²) in [6, 6.07) is 5.83. The summed E-state index contributed by atoms with van der Waals surface area (Å²) in [7, 11) is 0. The number of rotatable bonds is 3. The lowest BCUT2D eigenvalue weighted by atomic mass is 10.1. The molecule has 0 aromatic heterocycles. The minimum atomic E-state index is -0.681. The van der Waals surface area contributed by atoms with Crippen molar-refractivity contribution in [1.82, 2.24) is 4.90 Å². The van der Waals surface area contributed by atoms with Crippen LogP contribution >= 0.6 is 0 Å². The number of nitrogens with zero attached hydrogens (tertiary/aromatic N) is 1. The van der Waals surface area contributed by atoms with Gasteiger partial charge in [0, 0.05) is 0 Å². The smallest absolute Gasteiger partial charge is 0.261 e. The Labute approximate surface area is 98.2 Å². The van der Waals surface area contributed by atoms with Crippen LogP contribution in [0.25, 0.3) is 0 Å².